The Hall–Kier alpha value is -1.20. The Bertz CT molecular complexity index is 630. The zero-order valence-electron chi connectivity index (χ0n) is 18.3. The minimum Gasteiger partial charge on any atom is -0.460 e. The van der Waals surface area contributed by atoms with Gasteiger partial charge in [-0.05, 0) is 30.1 Å². The van der Waals surface area contributed by atoms with Gasteiger partial charge in [-0.2, -0.15) is 0 Å². The van der Waals surface area contributed by atoms with Crippen molar-refractivity contribution in [1.29, 1.82) is 0 Å². The van der Waals surface area contributed by atoms with Crippen LogP contribution in [0.1, 0.15) is 67.2 Å². The largest absolute Gasteiger partial charge is 0.460 e. The third-order valence-electron chi connectivity index (χ3n) is 8.57. The normalized spacial score (nSPS) is 44.9. The summed E-state index contributed by atoms with van der Waals surface area (Å²) in [6.45, 7) is 15.6. The maximum atomic E-state index is 13.2. The topological polar surface area (TPSA) is 83.8 Å². The van der Waals surface area contributed by atoms with Gasteiger partial charge in [0.1, 0.15) is 18.5 Å². The van der Waals surface area contributed by atoms with Crippen molar-refractivity contribution in [2.75, 3.05) is 6.61 Å². The number of hydrogen-bond acceptors (Lipinski definition) is 5. The highest BCUT2D eigenvalue weighted by molar-refractivity contribution is 5.85. The molecule has 0 heterocycles. The lowest BCUT2D eigenvalue weighted by molar-refractivity contribution is -0.192. The molecule has 2 rings (SSSR count). The van der Waals surface area contributed by atoms with Crippen LogP contribution in [0.3, 0.4) is 0 Å². The first kappa shape index (κ1) is 23.1. The Morgan fingerprint density at radius 1 is 1.39 bits per heavy atom. The van der Waals surface area contributed by atoms with Crippen molar-refractivity contribution in [3.05, 3.63) is 12.7 Å². The lowest BCUT2D eigenvalue weighted by atomic mass is 9.48. The number of fused-ring (bicyclic) bond motifs is 1. The molecule has 2 fully saturated rings. The van der Waals surface area contributed by atoms with E-state index in [2.05, 4.69) is 34.3 Å². The highest BCUT2D eigenvalue weighted by atomic mass is 16.6. The molecule has 8 atom stereocenters. The van der Waals surface area contributed by atoms with Crippen molar-refractivity contribution in [2.45, 2.75) is 79.4 Å². The molecular formula is C23H38O5. The summed E-state index contributed by atoms with van der Waals surface area (Å²) in [6, 6.07) is 0. The van der Waals surface area contributed by atoms with Crippen LogP contribution >= 0.6 is 0 Å². The van der Waals surface area contributed by atoms with E-state index in [1.807, 2.05) is 13.8 Å². The SMILES string of the molecule is C=CC1(C)C[C@@H](OC(=O)CO)C(C)(C(C)CC)C2C(=O)CCC2(C)C(C)C1O. The van der Waals surface area contributed by atoms with E-state index in [-0.39, 0.29) is 23.5 Å². The van der Waals surface area contributed by atoms with E-state index in [0.717, 1.165) is 6.42 Å². The van der Waals surface area contributed by atoms with Crippen LogP contribution in [0.4, 0.5) is 0 Å². The highest BCUT2D eigenvalue weighted by Gasteiger charge is 2.64. The molecule has 28 heavy (non-hydrogen) atoms. The van der Waals surface area contributed by atoms with Gasteiger partial charge in [0.2, 0.25) is 0 Å². The fourth-order valence-electron chi connectivity index (χ4n) is 6.07. The van der Waals surface area contributed by atoms with Crippen LogP contribution in [-0.4, -0.2) is 40.8 Å². The van der Waals surface area contributed by atoms with Gasteiger partial charge in [0.15, 0.2) is 0 Å². The number of aliphatic hydroxyl groups is 2. The number of Topliss-reactive ketones (excluding diaryl/α,β-unsaturated/α-hetero) is 1. The Morgan fingerprint density at radius 3 is 2.50 bits per heavy atom. The summed E-state index contributed by atoms with van der Waals surface area (Å²) < 4.78 is 5.80. The summed E-state index contributed by atoms with van der Waals surface area (Å²) >= 11 is 0. The summed E-state index contributed by atoms with van der Waals surface area (Å²) in [5.41, 5.74) is -1.67. The first-order valence-corrected chi connectivity index (χ1v) is 10.6. The highest BCUT2D eigenvalue weighted by Crippen LogP contribution is 2.63. The molecule has 0 aromatic heterocycles. The van der Waals surface area contributed by atoms with Crippen LogP contribution in [0.25, 0.3) is 0 Å². The maximum Gasteiger partial charge on any atom is 0.332 e. The van der Waals surface area contributed by atoms with E-state index in [4.69, 9.17) is 4.74 Å². The van der Waals surface area contributed by atoms with E-state index in [1.54, 1.807) is 6.08 Å². The van der Waals surface area contributed by atoms with Gasteiger partial charge in [0, 0.05) is 23.2 Å². The predicted molar refractivity (Wildman–Crippen MR) is 108 cm³/mol. The van der Waals surface area contributed by atoms with Gasteiger partial charge in [-0.15, -0.1) is 6.58 Å². The number of hydrogen-bond donors (Lipinski definition) is 2. The molecule has 0 aliphatic heterocycles. The molecule has 0 bridgehead atoms. The van der Waals surface area contributed by atoms with E-state index >= 15 is 0 Å². The van der Waals surface area contributed by atoms with Gasteiger partial charge in [-0.3, -0.25) is 4.79 Å². The van der Waals surface area contributed by atoms with E-state index in [9.17, 15) is 19.8 Å². The monoisotopic (exact) mass is 394 g/mol. The van der Waals surface area contributed by atoms with Crippen LogP contribution in [0, 0.1) is 34.0 Å². The molecule has 7 unspecified atom stereocenters. The quantitative estimate of drug-likeness (QED) is 0.551. The molecule has 2 saturated carbocycles. The summed E-state index contributed by atoms with van der Waals surface area (Å²) in [5, 5.41) is 20.6. The van der Waals surface area contributed by atoms with Gasteiger partial charge in [-0.25, -0.2) is 4.79 Å². The van der Waals surface area contributed by atoms with Crippen molar-refractivity contribution in [3.8, 4) is 0 Å². The molecule has 2 aliphatic rings. The molecule has 5 nitrogen and oxygen atoms in total. The number of ether oxygens (including phenoxy) is 1. The first-order chi connectivity index (χ1) is 12.9. The van der Waals surface area contributed by atoms with Crippen LogP contribution in [0.15, 0.2) is 12.7 Å². The molecule has 160 valence electrons. The standard InChI is InChI=1S/C23H38O5/c1-8-14(3)23(7)17(28-18(26)13-24)12-21(5,9-2)20(27)15(4)22(6)11-10-16(25)19(22)23/h9,14-15,17,19-20,24,27H,2,8,10-13H2,1,3-7H3/t14?,15?,17-,19?,20?,21?,22?,23?/m1/s1. The number of aliphatic hydroxyl groups excluding tert-OH is 2. The van der Waals surface area contributed by atoms with Crippen LogP contribution in [0.2, 0.25) is 0 Å². The number of rotatable bonds is 5. The second-order valence-electron chi connectivity index (χ2n) is 9.86. The number of carbonyl (C=O) groups excluding carboxylic acids is 2. The third-order valence-corrected chi connectivity index (χ3v) is 8.57. The van der Waals surface area contributed by atoms with Gasteiger partial charge in [0.05, 0.1) is 6.10 Å². The van der Waals surface area contributed by atoms with Crippen LogP contribution in [0.5, 0.6) is 0 Å². The molecule has 2 N–H and O–H groups in total. The molecule has 0 spiro atoms. The van der Waals surface area contributed by atoms with Crippen molar-refractivity contribution in [2.24, 2.45) is 34.0 Å². The van der Waals surface area contributed by atoms with Gasteiger partial charge in [-0.1, -0.05) is 54.0 Å². The van der Waals surface area contributed by atoms with Crippen LogP contribution < -0.4 is 0 Å². The van der Waals surface area contributed by atoms with E-state index in [0.29, 0.717) is 19.3 Å². The molecule has 5 heteroatoms. The van der Waals surface area contributed by atoms with Crippen molar-refractivity contribution < 1.29 is 24.5 Å². The summed E-state index contributed by atoms with van der Waals surface area (Å²) in [7, 11) is 0. The fourth-order valence-corrected chi connectivity index (χ4v) is 6.07. The number of ketones is 1. The Labute approximate surface area is 169 Å². The molecule has 2 aliphatic carbocycles. The van der Waals surface area contributed by atoms with Gasteiger partial charge >= 0.3 is 5.97 Å². The summed E-state index contributed by atoms with van der Waals surface area (Å²) in [4.78, 5) is 25.3. The number of carbonyl (C=O) groups is 2. The second kappa shape index (κ2) is 7.91. The van der Waals surface area contributed by atoms with Crippen molar-refractivity contribution >= 4 is 11.8 Å². The lowest BCUT2D eigenvalue weighted by Crippen LogP contribution is -2.60. The average molecular weight is 395 g/mol. The van der Waals surface area contributed by atoms with Gasteiger partial charge in [0.25, 0.3) is 0 Å². The summed E-state index contributed by atoms with van der Waals surface area (Å²) in [6.07, 6.45) is 2.86. The lowest BCUT2D eigenvalue weighted by Gasteiger charge is -2.57. The zero-order valence-corrected chi connectivity index (χ0v) is 18.3. The smallest absolute Gasteiger partial charge is 0.332 e. The minimum absolute atomic E-state index is 0.107. The average Bonchev–Trinajstić information content (AvgIpc) is 2.99. The second-order valence-corrected chi connectivity index (χ2v) is 9.86. The summed E-state index contributed by atoms with van der Waals surface area (Å²) in [5.74, 6) is -0.806. The zero-order chi connectivity index (χ0) is 21.5. The molecular weight excluding hydrogens is 356 g/mol. The van der Waals surface area contributed by atoms with Crippen molar-refractivity contribution in [3.63, 3.8) is 0 Å². The van der Waals surface area contributed by atoms with Gasteiger partial charge < -0.3 is 14.9 Å². The molecule has 0 saturated heterocycles. The fraction of sp³-hybridized carbons (Fsp3) is 0.826. The molecule has 0 aromatic rings. The van der Waals surface area contributed by atoms with Crippen LogP contribution in [-0.2, 0) is 14.3 Å². The maximum absolute atomic E-state index is 13.2. The Balaban J connectivity index is 2.75. The molecule has 0 aromatic carbocycles. The Kier molecular flexibility index (Phi) is 6.52. The first-order valence-electron chi connectivity index (χ1n) is 10.6. The predicted octanol–water partition coefficient (Wildman–Crippen LogP) is 3.52. The number of esters is 1. The van der Waals surface area contributed by atoms with E-state index < -0.39 is 41.0 Å². The minimum atomic E-state index is -0.708. The van der Waals surface area contributed by atoms with Crippen molar-refractivity contribution in [1.82, 2.24) is 0 Å². The molecule has 0 radical (unpaired) electrons. The van der Waals surface area contributed by atoms with E-state index in [1.165, 1.54) is 0 Å². The molecule has 0 amide bonds. The third kappa shape index (κ3) is 3.35. The Morgan fingerprint density at radius 2 is 2.00 bits per heavy atom.